The molecular formula is C14H20N2O3. The first-order valence-corrected chi connectivity index (χ1v) is 6.23. The molecule has 1 rings (SSSR count). The number of anilines is 1. The number of carbonyl (C=O) groups is 2. The molecule has 1 aromatic carbocycles. The standard InChI is InChI=1S/C14H20N2O3/c1-9(8-17)10(2)15-14(19)12-4-6-13(7-5-12)16-11(3)18/h4-7,9-10,17H,8H2,1-3H3,(H,15,19)(H,16,18). The highest BCUT2D eigenvalue weighted by Gasteiger charge is 2.14. The van der Waals surface area contributed by atoms with Gasteiger partial charge in [-0.05, 0) is 37.1 Å². The second-order valence-corrected chi connectivity index (χ2v) is 4.68. The maximum absolute atomic E-state index is 11.9. The lowest BCUT2D eigenvalue weighted by molar-refractivity contribution is -0.114. The Morgan fingerprint density at radius 1 is 1.21 bits per heavy atom. The van der Waals surface area contributed by atoms with Crippen LogP contribution in [-0.2, 0) is 4.79 Å². The summed E-state index contributed by atoms with van der Waals surface area (Å²) in [7, 11) is 0. The van der Waals surface area contributed by atoms with Crippen molar-refractivity contribution in [3.8, 4) is 0 Å². The average Bonchev–Trinajstić information content (AvgIpc) is 2.37. The molecule has 2 unspecified atom stereocenters. The van der Waals surface area contributed by atoms with Crippen LogP contribution in [0.1, 0.15) is 31.1 Å². The Balaban J connectivity index is 2.65. The average molecular weight is 264 g/mol. The zero-order valence-corrected chi connectivity index (χ0v) is 11.4. The molecule has 5 nitrogen and oxygen atoms in total. The van der Waals surface area contributed by atoms with E-state index in [9.17, 15) is 9.59 Å². The van der Waals surface area contributed by atoms with Gasteiger partial charge in [0.1, 0.15) is 0 Å². The number of hydrogen-bond acceptors (Lipinski definition) is 3. The summed E-state index contributed by atoms with van der Waals surface area (Å²) in [4.78, 5) is 22.8. The minimum Gasteiger partial charge on any atom is -0.396 e. The van der Waals surface area contributed by atoms with Crippen molar-refractivity contribution in [2.24, 2.45) is 5.92 Å². The number of rotatable bonds is 5. The lowest BCUT2D eigenvalue weighted by Crippen LogP contribution is -2.38. The fourth-order valence-electron chi connectivity index (χ4n) is 1.50. The first-order chi connectivity index (χ1) is 8.93. The zero-order valence-electron chi connectivity index (χ0n) is 11.4. The van der Waals surface area contributed by atoms with Crippen LogP contribution >= 0.6 is 0 Å². The normalized spacial score (nSPS) is 13.5. The third-order valence-corrected chi connectivity index (χ3v) is 2.97. The summed E-state index contributed by atoms with van der Waals surface area (Å²) in [5, 5.41) is 14.5. The van der Waals surface area contributed by atoms with Crippen LogP contribution in [0.5, 0.6) is 0 Å². The van der Waals surface area contributed by atoms with E-state index in [-0.39, 0.29) is 30.4 Å². The molecule has 0 radical (unpaired) electrons. The van der Waals surface area contributed by atoms with E-state index in [1.54, 1.807) is 24.3 Å². The fraction of sp³-hybridized carbons (Fsp3) is 0.429. The van der Waals surface area contributed by atoms with Crippen LogP contribution < -0.4 is 10.6 Å². The monoisotopic (exact) mass is 264 g/mol. The van der Waals surface area contributed by atoms with Crippen molar-refractivity contribution < 1.29 is 14.7 Å². The molecule has 0 spiro atoms. The van der Waals surface area contributed by atoms with Gasteiger partial charge in [-0.25, -0.2) is 0 Å². The molecule has 19 heavy (non-hydrogen) atoms. The van der Waals surface area contributed by atoms with Gasteiger partial charge >= 0.3 is 0 Å². The third kappa shape index (κ3) is 4.71. The lowest BCUT2D eigenvalue weighted by Gasteiger charge is -2.19. The number of nitrogens with one attached hydrogen (secondary N) is 2. The van der Waals surface area contributed by atoms with Crippen molar-refractivity contribution in [3.05, 3.63) is 29.8 Å². The Bertz CT molecular complexity index is 443. The molecule has 0 aliphatic rings. The molecule has 1 aromatic rings. The number of aliphatic hydroxyl groups is 1. The van der Waals surface area contributed by atoms with E-state index in [0.717, 1.165) is 0 Å². The summed E-state index contributed by atoms with van der Waals surface area (Å²) < 4.78 is 0. The predicted molar refractivity (Wildman–Crippen MR) is 73.9 cm³/mol. The molecule has 2 atom stereocenters. The van der Waals surface area contributed by atoms with Crippen molar-refractivity contribution >= 4 is 17.5 Å². The van der Waals surface area contributed by atoms with Gasteiger partial charge < -0.3 is 15.7 Å². The maximum Gasteiger partial charge on any atom is 0.251 e. The van der Waals surface area contributed by atoms with Crippen LogP contribution in [-0.4, -0.2) is 29.6 Å². The van der Waals surface area contributed by atoms with Gasteiger partial charge in [-0.15, -0.1) is 0 Å². The van der Waals surface area contributed by atoms with Crippen LogP contribution in [0.25, 0.3) is 0 Å². The van der Waals surface area contributed by atoms with Crippen molar-refractivity contribution in [1.29, 1.82) is 0 Å². The van der Waals surface area contributed by atoms with Gasteiger partial charge in [-0.1, -0.05) is 6.92 Å². The van der Waals surface area contributed by atoms with Gasteiger partial charge in [-0.3, -0.25) is 9.59 Å². The second-order valence-electron chi connectivity index (χ2n) is 4.68. The number of carbonyl (C=O) groups excluding carboxylic acids is 2. The molecule has 0 aliphatic heterocycles. The van der Waals surface area contributed by atoms with E-state index in [1.165, 1.54) is 6.92 Å². The van der Waals surface area contributed by atoms with Gasteiger partial charge in [0, 0.05) is 30.8 Å². The van der Waals surface area contributed by atoms with Crippen LogP contribution in [0.15, 0.2) is 24.3 Å². The van der Waals surface area contributed by atoms with Crippen LogP contribution in [0, 0.1) is 5.92 Å². The van der Waals surface area contributed by atoms with Crippen molar-refractivity contribution in [3.63, 3.8) is 0 Å². The van der Waals surface area contributed by atoms with Gasteiger partial charge in [0.2, 0.25) is 5.91 Å². The second kappa shape index (κ2) is 6.89. The summed E-state index contributed by atoms with van der Waals surface area (Å²) in [5.41, 5.74) is 1.17. The predicted octanol–water partition coefficient (Wildman–Crippen LogP) is 1.39. The summed E-state index contributed by atoms with van der Waals surface area (Å²) in [6, 6.07) is 6.55. The summed E-state index contributed by atoms with van der Waals surface area (Å²) in [6.07, 6.45) is 0. The van der Waals surface area contributed by atoms with Crippen LogP contribution in [0.3, 0.4) is 0 Å². The molecular weight excluding hydrogens is 244 g/mol. The van der Waals surface area contributed by atoms with E-state index >= 15 is 0 Å². The highest BCUT2D eigenvalue weighted by molar-refractivity contribution is 5.95. The Kier molecular flexibility index (Phi) is 5.51. The summed E-state index contributed by atoms with van der Waals surface area (Å²) in [6.45, 7) is 5.18. The largest absolute Gasteiger partial charge is 0.396 e. The van der Waals surface area contributed by atoms with E-state index in [0.29, 0.717) is 11.3 Å². The smallest absolute Gasteiger partial charge is 0.251 e. The molecule has 0 aliphatic carbocycles. The number of hydrogen-bond donors (Lipinski definition) is 3. The number of amides is 2. The maximum atomic E-state index is 11.9. The van der Waals surface area contributed by atoms with E-state index in [2.05, 4.69) is 10.6 Å². The molecule has 0 heterocycles. The van der Waals surface area contributed by atoms with E-state index in [4.69, 9.17) is 5.11 Å². The molecule has 2 amide bonds. The topological polar surface area (TPSA) is 78.4 Å². The van der Waals surface area contributed by atoms with Crippen molar-refractivity contribution in [2.45, 2.75) is 26.8 Å². The van der Waals surface area contributed by atoms with Crippen LogP contribution in [0.2, 0.25) is 0 Å². The first-order valence-electron chi connectivity index (χ1n) is 6.23. The minimum absolute atomic E-state index is 0.00241. The lowest BCUT2D eigenvalue weighted by atomic mass is 10.0. The van der Waals surface area contributed by atoms with Crippen LogP contribution in [0.4, 0.5) is 5.69 Å². The van der Waals surface area contributed by atoms with E-state index in [1.807, 2.05) is 13.8 Å². The Labute approximate surface area is 113 Å². The SMILES string of the molecule is CC(=O)Nc1ccc(C(=O)NC(C)C(C)CO)cc1. The summed E-state index contributed by atoms with van der Waals surface area (Å²) in [5.74, 6) is -0.340. The molecule has 104 valence electrons. The fourth-order valence-corrected chi connectivity index (χ4v) is 1.50. The Morgan fingerprint density at radius 3 is 2.26 bits per heavy atom. The molecule has 5 heteroatoms. The van der Waals surface area contributed by atoms with Crippen molar-refractivity contribution in [1.82, 2.24) is 5.32 Å². The quantitative estimate of drug-likeness (QED) is 0.752. The highest BCUT2D eigenvalue weighted by Crippen LogP contribution is 2.10. The van der Waals surface area contributed by atoms with Gasteiger partial charge in [0.05, 0.1) is 0 Å². The molecule has 0 fully saturated rings. The number of benzene rings is 1. The van der Waals surface area contributed by atoms with E-state index < -0.39 is 0 Å². The molecule has 0 saturated carbocycles. The molecule has 0 aromatic heterocycles. The van der Waals surface area contributed by atoms with Crippen molar-refractivity contribution in [2.75, 3.05) is 11.9 Å². The zero-order chi connectivity index (χ0) is 14.4. The van der Waals surface area contributed by atoms with Gasteiger partial charge in [0.15, 0.2) is 0 Å². The minimum atomic E-state index is -0.192. The summed E-state index contributed by atoms with van der Waals surface area (Å²) >= 11 is 0. The molecule has 0 bridgehead atoms. The highest BCUT2D eigenvalue weighted by atomic mass is 16.3. The third-order valence-electron chi connectivity index (χ3n) is 2.97. The van der Waals surface area contributed by atoms with Gasteiger partial charge in [-0.2, -0.15) is 0 Å². The molecule has 0 saturated heterocycles. The van der Waals surface area contributed by atoms with Gasteiger partial charge in [0.25, 0.3) is 5.91 Å². The first kappa shape index (κ1) is 15.2. The number of aliphatic hydroxyl groups excluding tert-OH is 1. The Morgan fingerprint density at radius 2 is 1.79 bits per heavy atom. The molecule has 3 N–H and O–H groups in total. The Hall–Kier alpha value is -1.88.